The highest BCUT2D eigenvalue weighted by molar-refractivity contribution is 9.10. The maximum atomic E-state index is 13.2. The third kappa shape index (κ3) is 4.14. The van der Waals surface area contributed by atoms with Crippen molar-refractivity contribution in [2.45, 2.75) is 44.3 Å². The van der Waals surface area contributed by atoms with Gasteiger partial charge in [-0.1, -0.05) is 35.2 Å². The van der Waals surface area contributed by atoms with Crippen molar-refractivity contribution in [3.05, 3.63) is 33.8 Å². The molecule has 0 radical (unpaired) electrons. The molecule has 1 atom stereocenters. The molecule has 2 fully saturated rings. The van der Waals surface area contributed by atoms with Gasteiger partial charge in [0, 0.05) is 36.7 Å². The van der Waals surface area contributed by atoms with E-state index >= 15 is 0 Å². The Balaban J connectivity index is 1.97. The summed E-state index contributed by atoms with van der Waals surface area (Å²) in [6, 6.07) is 4.18. The first-order chi connectivity index (χ1) is 11.5. The van der Waals surface area contributed by atoms with Gasteiger partial charge in [0.05, 0.1) is 5.56 Å². The molecule has 1 aliphatic heterocycles. The van der Waals surface area contributed by atoms with E-state index in [2.05, 4.69) is 26.1 Å². The minimum atomic E-state index is -4.30. The van der Waals surface area contributed by atoms with Gasteiger partial charge in [-0.05, 0) is 42.5 Å². The van der Waals surface area contributed by atoms with Gasteiger partial charge in [-0.15, -0.1) is 0 Å². The lowest BCUT2D eigenvalue weighted by Crippen LogP contribution is -2.47. The highest BCUT2D eigenvalue weighted by Gasteiger charge is 2.35. The second-order valence-electron chi connectivity index (χ2n) is 6.86. The van der Waals surface area contributed by atoms with Gasteiger partial charge in [-0.25, -0.2) is 0 Å². The minimum absolute atomic E-state index is 0.0732. The van der Waals surface area contributed by atoms with Crippen LogP contribution in [0.1, 0.15) is 49.3 Å². The number of nitrogens with one attached hydrogen (secondary N) is 1. The number of benzene rings is 1. The average Bonchev–Trinajstić information content (AvgIpc) is 2.58. The summed E-state index contributed by atoms with van der Waals surface area (Å²) in [5.41, 5.74) is 0.260. The van der Waals surface area contributed by atoms with Crippen molar-refractivity contribution < 1.29 is 13.2 Å². The van der Waals surface area contributed by atoms with Gasteiger partial charge in [-0.3, -0.25) is 4.90 Å². The van der Waals surface area contributed by atoms with Crippen LogP contribution in [-0.4, -0.2) is 31.1 Å². The predicted octanol–water partition coefficient (Wildman–Crippen LogP) is 4.99. The fraction of sp³-hybridized carbons (Fsp3) is 0.667. The number of rotatable bonds is 3. The zero-order valence-electron chi connectivity index (χ0n) is 13.7. The summed E-state index contributed by atoms with van der Waals surface area (Å²) in [4.78, 5) is 2.38. The van der Waals surface area contributed by atoms with Crippen molar-refractivity contribution in [2.24, 2.45) is 5.92 Å². The number of hydrogen-bond donors (Lipinski definition) is 1. The van der Waals surface area contributed by atoms with E-state index in [1.54, 1.807) is 6.07 Å². The van der Waals surface area contributed by atoms with Gasteiger partial charge < -0.3 is 5.32 Å². The quantitative estimate of drug-likeness (QED) is 0.762. The Morgan fingerprint density at radius 1 is 1.08 bits per heavy atom. The van der Waals surface area contributed by atoms with Crippen LogP contribution in [-0.2, 0) is 6.18 Å². The summed E-state index contributed by atoms with van der Waals surface area (Å²) in [7, 11) is 0. The Labute approximate surface area is 149 Å². The Morgan fingerprint density at radius 2 is 1.75 bits per heavy atom. The SMILES string of the molecule is FC(F)(F)c1ccc(Br)c([C@H](C2CCCCC2)N2CCNCC2)c1. The fourth-order valence-electron chi connectivity index (χ4n) is 4.11. The van der Waals surface area contributed by atoms with E-state index < -0.39 is 11.7 Å². The molecule has 0 bridgehead atoms. The van der Waals surface area contributed by atoms with Crippen molar-refractivity contribution in [1.29, 1.82) is 0 Å². The second kappa shape index (κ2) is 7.75. The molecule has 1 aromatic carbocycles. The predicted molar refractivity (Wildman–Crippen MR) is 92.9 cm³/mol. The van der Waals surface area contributed by atoms with Crippen molar-refractivity contribution in [1.82, 2.24) is 10.2 Å². The van der Waals surface area contributed by atoms with Gasteiger partial charge in [0.2, 0.25) is 0 Å². The Bertz CT molecular complexity index is 532. The van der Waals surface area contributed by atoms with Gasteiger partial charge in [0.15, 0.2) is 0 Å². The van der Waals surface area contributed by atoms with Crippen LogP contribution >= 0.6 is 15.9 Å². The molecular weight excluding hydrogens is 381 g/mol. The number of halogens is 4. The molecule has 1 saturated carbocycles. The first-order valence-corrected chi connectivity index (χ1v) is 9.57. The van der Waals surface area contributed by atoms with Crippen LogP contribution in [0.5, 0.6) is 0 Å². The first kappa shape index (κ1) is 18.2. The molecule has 2 nitrogen and oxygen atoms in total. The molecule has 24 heavy (non-hydrogen) atoms. The van der Waals surface area contributed by atoms with Crippen molar-refractivity contribution in [3.63, 3.8) is 0 Å². The van der Waals surface area contributed by atoms with E-state index in [9.17, 15) is 13.2 Å². The van der Waals surface area contributed by atoms with E-state index in [4.69, 9.17) is 0 Å². The van der Waals surface area contributed by atoms with E-state index in [1.165, 1.54) is 31.4 Å². The molecule has 1 N–H and O–H groups in total. The molecule has 0 amide bonds. The van der Waals surface area contributed by atoms with E-state index in [0.29, 0.717) is 5.92 Å². The first-order valence-electron chi connectivity index (χ1n) is 8.78. The largest absolute Gasteiger partial charge is 0.416 e. The molecule has 1 heterocycles. The highest BCUT2D eigenvalue weighted by atomic mass is 79.9. The van der Waals surface area contributed by atoms with Crippen LogP contribution < -0.4 is 5.32 Å². The van der Waals surface area contributed by atoms with Crippen LogP contribution in [0.25, 0.3) is 0 Å². The smallest absolute Gasteiger partial charge is 0.314 e. The molecule has 1 aromatic rings. The summed E-state index contributed by atoms with van der Waals surface area (Å²) in [6.45, 7) is 3.59. The lowest BCUT2D eigenvalue weighted by atomic mass is 9.80. The van der Waals surface area contributed by atoms with Gasteiger partial charge in [0.25, 0.3) is 0 Å². The van der Waals surface area contributed by atoms with Crippen LogP contribution in [0.15, 0.2) is 22.7 Å². The Hall–Kier alpha value is -0.590. The third-order valence-corrected chi connectivity index (χ3v) is 6.01. The van der Waals surface area contributed by atoms with Crippen LogP contribution in [0.3, 0.4) is 0 Å². The van der Waals surface area contributed by atoms with E-state index in [1.807, 2.05) is 0 Å². The molecule has 134 valence electrons. The molecule has 0 spiro atoms. The van der Waals surface area contributed by atoms with E-state index in [0.717, 1.165) is 49.1 Å². The number of alkyl halides is 3. The second-order valence-corrected chi connectivity index (χ2v) is 7.72. The van der Waals surface area contributed by atoms with Gasteiger partial charge in [0.1, 0.15) is 0 Å². The van der Waals surface area contributed by atoms with Crippen LogP contribution in [0, 0.1) is 5.92 Å². The fourth-order valence-corrected chi connectivity index (χ4v) is 4.59. The lowest BCUT2D eigenvalue weighted by molar-refractivity contribution is -0.137. The van der Waals surface area contributed by atoms with Crippen molar-refractivity contribution in [3.8, 4) is 0 Å². The molecule has 2 aliphatic rings. The summed E-state index contributed by atoms with van der Waals surface area (Å²) in [5.74, 6) is 0.441. The van der Waals surface area contributed by atoms with Crippen LogP contribution in [0.2, 0.25) is 0 Å². The normalized spacial score (nSPS) is 22.5. The molecule has 0 unspecified atom stereocenters. The Morgan fingerprint density at radius 3 is 2.38 bits per heavy atom. The maximum absolute atomic E-state index is 13.2. The summed E-state index contributed by atoms with van der Waals surface area (Å²) >= 11 is 3.52. The number of nitrogens with zero attached hydrogens (tertiary/aromatic N) is 1. The summed E-state index contributed by atoms with van der Waals surface area (Å²) < 4.78 is 40.4. The molecule has 6 heteroatoms. The maximum Gasteiger partial charge on any atom is 0.416 e. The van der Waals surface area contributed by atoms with Gasteiger partial charge >= 0.3 is 6.18 Å². The lowest BCUT2D eigenvalue weighted by Gasteiger charge is -2.41. The summed E-state index contributed by atoms with van der Waals surface area (Å²) in [5, 5.41) is 3.34. The Kier molecular flexibility index (Phi) is 5.88. The standard InChI is InChI=1S/C18H24BrF3N2/c19-16-7-6-14(18(20,21)22)12-15(16)17(13-4-2-1-3-5-13)24-10-8-23-9-11-24/h6-7,12-13,17,23H,1-5,8-11H2/t17-/m0/s1. The molecule has 3 rings (SSSR count). The topological polar surface area (TPSA) is 15.3 Å². The number of hydrogen-bond acceptors (Lipinski definition) is 2. The molecule has 1 aliphatic carbocycles. The highest BCUT2D eigenvalue weighted by Crippen LogP contribution is 2.42. The molecular formula is C18H24BrF3N2. The summed E-state index contributed by atoms with van der Waals surface area (Å²) in [6.07, 6.45) is 1.53. The monoisotopic (exact) mass is 404 g/mol. The van der Waals surface area contributed by atoms with Crippen LogP contribution in [0.4, 0.5) is 13.2 Å². The van der Waals surface area contributed by atoms with Crippen molar-refractivity contribution in [2.75, 3.05) is 26.2 Å². The molecule has 0 aromatic heterocycles. The van der Waals surface area contributed by atoms with E-state index in [-0.39, 0.29) is 6.04 Å². The minimum Gasteiger partial charge on any atom is -0.314 e. The number of piperazine rings is 1. The zero-order chi connectivity index (χ0) is 17.2. The molecule has 1 saturated heterocycles. The third-order valence-electron chi connectivity index (χ3n) is 5.28. The van der Waals surface area contributed by atoms with Gasteiger partial charge in [-0.2, -0.15) is 13.2 Å². The average molecular weight is 405 g/mol. The van der Waals surface area contributed by atoms with Crippen molar-refractivity contribution >= 4 is 15.9 Å². The zero-order valence-corrected chi connectivity index (χ0v) is 15.3.